The summed E-state index contributed by atoms with van der Waals surface area (Å²) in [5.74, 6) is -1.19. The molecular weight excluding hydrogens is 280 g/mol. The summed E-state index contributed by atoms with van der Waals surface area (Å²) in [5.41, 5.74) is 1.89. The van der Waals surface area contributed by atoms with E-state index in [9.17, 15) is 8.78 Å². The van der Waals surface area contributed by atoms with Gasteiger partial charge in [-0.25, -0.2) is 8.78 Å². The van der Waals surface area contributed by atoms with Gasteiger partial charge in [-0.3, -0.25) is 0 Å². The van der Waals surface area contributed by atoms with Crippen molar-refractivity contribution in [2.24, 2.45) is 0 Å². The Morgan fingerprint density at radius 3 is 2.35 bits per heavy atom. The van der Waals surface area contributed by atoms with Gasteiger partial charge in [-0.05, 0) is 29.7 Å². The lowest BCUT2D eigenvalue weighted by Crippen LogP contribution is -2.32. The van der Waals surface area contributed by atoms with Gasteiger partial charge >= 0.3 is 0 Å². The van der Waals surface area contributed by atoms with E-state index in [1.165, 1.54) is 11.6 Å². The highest BCUT2D eigenvalue weighted by Gasteiger charge is 2.09. The zero-order chi connectivity index (χ0) is 14.4. The Kier molecular flexibility index (Phi) is 5.50. The number of rotatable bonds is 6. The number of hydrogen-bond acceptors (Lipinski definition) is 1. The zero-order valence-corrected chi connectivity index (χ0v) is 11.7. The molecule has 2 rings (SSSR count). The summed E-state index contributed by atoms with van der Waals surface area (Å²) in [6.07, 6.45) is 0.800. The molecule has 0 spiro atoms. The molecule has 0 saturated carbocycles. The molecule has 20 heavy (non-hydrogen) atoms. The molecule has 0 heterocycles. The van der Waals surface area contributed by atoms with Crippen molar-refractivity contribution in [3.8, 4) is 0 Å². The Bertz CT molecular complexity index is 545. The van der Waals surface area contributed by atoms with Crippen LogP contribution in [0.5, 0.6) is 0 Å². The van der Waals surface area contributed by atoms with E-state index in [0.717, 1.165) is 12.5 Å². The summed E-state index contributed by atoms with van der Waals surface area (Å²) in [6.45, 7) is 0.460. The largest absolute Gasteiger partial charge is 0.308 e. The van der Waals surface area contributed by atoms with Gasteiger partial charge < -0.3 is 5.32 Å². The third-order valence-corrected chi connectivity index (χ3v) is 3.46. The normalized spacial score (nSPS) is 12.3. The second kappa shape index (κ2) is 7.36. The lowest BCUT2D eigenvalue weighted by molar-refractivity contribution is 0.502. The average Bonchev–Trinajstić information content (AvgIpc) is 2.48. The Morgan fingerprint density at radius 1 is 0.950 bits per heavy atom. The molecule has 0 radical (unpaired) electrons. The standard InChI is InChI=1S/C16H16ClF2N/c17-10-14(8-12-4-2-1-3-5-12)20-11-13-6-7-15(18)16(19)9-13/h1-7,9,14,20H,8,10-11H2. The second-order valence-corrected chi connectivity index (χ2v) is 4.98. The molecule has 4 heteroatoms. The fourth-order valence-corrected chi connectivity index (χ4v) is 2.21. The fourth-order valence-electron chi connectivity index (χ4n) is 1.99. The van der Waals surface area contributed by atoms with E-state index in [1.54, 1.807) is 6.07 Å². The SMILES string of the molecule is Fc1ccc(CNC(CCl)Cc2ccccc2)cc1F. The zero-order valence-electron chi connectivity index (χ0n) is 11.0. The van der Waals surface area contributed by atoms with E-state index < -0.39 is 11.6 Å². The van der Waals surface area contributed by atoms with Crippen LogP contribution in [0.4, 0.5) is 8.78 Å². The third kappa shape index (κ3) is 4.29. The van der Waals surface area contributed by atoms with Crippen molar-refractivity contribution in [3.05, 3.63) is 71.3 Å². The average molecular weight is 296 g/mol. The summed E-state index contributed by atoms with van der Waals surface area (Å²) in [4.78, 5) is 0. The predicted molar refractivity (Wildman–Crippen MR) is 77.9 cm³/mol. The molecule has 106 valence electrons. The minimum atomic E-state index is -0.827. The first-order valence-electron chi connectivity index (χ1n) is 6.46. The van der Waals surface area contributed by atoms with Gasteiger partial charge in [0.05, 0.1) is 0 Å². The molecule has 1 N–H and O–H groups in total. The molecule has 1 unspecified atom stereocenters. The summed E-state index contributed by atoms with van der Waals surface area (Å²) >= 11 is 5.94. The minimum absolute atomic E-state index is 0.0900. The molecular formula is C16H16ClF2N. The fraction of sp³-hybridized carbons (Fsp3) is 0.250. The van der Waals surface area contributed by atoms with Gasteiger partial charge in [0, 0.05) is 18.5 Å². The molecule has 0 amide bonds. The van der Waals surface area contributed by atoms with E-state index in [0.29, 0.717) is 18.0 Å². The van der Waals surface area contributed by atoms with E-state index in [4.69, 9.17) is 11.6 Å². The number of alkyl halides is 1. The second-order valence-electron chi connectivity index (χ2n) is 4.67. The highest BCUT2D eigenvalue weighted by atomic mass is 35.5. The van der Waals surface area contributed by atoms with E-state index in [1.807, 2.05) is 30.3 Å². The Hall–Kier alpha value is -1.45. The molecule has 0 fully saturated rings. The summed E-state index contributed by atoms with van der Waals surface area (Å²) in [7, 11) is 0. The smallest absolute Gasteiger partial charge is 0.159 e. The van der Waals surface area contributed by atoms with Crippen LogP contribution in [0.3, 0.4) is 0 Å². The topological polar surface area (TPSA) is 12.0 Å². The molecule has 2 aromatic rings. The van der Waals surface area contributed by atoms with Crippen LogP contribution in [0.15, 0.2) is 48.5 Å². The van der Waals surface area contributed by atoms with Gasteiger partial charge in [0.15, 0.2) is 11.6 Å². The van der Waals surface area contributed by atoms with Crippen LogP contribution in [0, 0.1) is 11.6 Å². The lowest BCUT2D eigenvalue weighted by atomic mass is 10.1. The molecule has 0 aliphatic rings. The molecule has 0 saturated heterocycles. The van der Waals surface area contributed by atoms with E-state index >= 15 is 0 Å². The van der Waals surface area contributed by atoms with Crippen LogP contribution in [0.25, 0.3) is 0 Å². The minimum Gasteiger partial charge on any atom is -0.308 e. The lowest BCUT2D eigenvalue weighted by Gasteiger charge is -2.16. The van der Waals surface area contributed by atoms with Crippen LogP contribution in [0.1, 0.15) is 11.1 Å². The van der Waals surface area contributed by atoms with Gasteiger partial charge in [0.25, 0.3) is 0 Å². The molecule has 2 aromatic carbocycles. The van der Waals surface area contributed by atoms with Gasteiger partial charge in [-0.15, -0.1) is 11.6 Å². The highest BCUT2D eigenvalue weighted by Crippen LogP contribution is 2.10. The number of benzene rings is 2. The highest BCUT2D eigenvalue weighted by molar-refractivity contribution is 6.18. The summed E-state index contributed by atoms with van der Waals surface area (Å²) in [5, 5.41) is 3.26. The van der Waals surface area contributed by atoms with Crippen molar-refractivity contribution in [1.29, 1.82) is 0 Å². The molecule has 1 atom stereocenters. The molecule has 0 bridgehead atoms. The molecule has 0 aliphatic carbocycles. The maximum Gasteiger partial charge on any atom is 0.159 e. The van der Waals surface area contributed by atoms with Gasteiger partial charge in [0.1, 0.15) is 0 Å². The van der Waals surface area contributed by atoms with Crippen molar-refractivity contribution in [1.82, 2.24) is 5.32 Å². The van der Waals surface area contributed by atoms with Gasteiger partial charge in [-0.2, -0.15) is 0 Å². The van der Waals surface area contributed by atoms with Crippen molar-refractivity contribution < 1.29 is 8.78 Å². The number of nitrogens with one attached hydrogen (secondary N) is 1. The monoisotopic (exact) mass is 295 g/mol. The Morgan fingerprint density at radius 2 is 1.70 bits per heavy atom. The summed E-state index contributed by atoms with van der Waals surface area (Å²) in [6, 6.07) is 14.0. The van der Waals surface area contributed by atoms with Crippen molar-refractivity contribution >= 4 is 11.6 Å². The first-order chi connectivity index (χ1) is 9.69. The molecule has 0 aromatic heterocycles. The number of halogens is 3. The van der Waals surface area contributed by atoms with Crippen LogP contribution in [0.2, 0.25) is 0 Å². The maximum atomic E-state index is 13.1. The van der Waals surface area contributed by atoms with Crippen LogP contribution >= 0.6 is 11.6 Å². The van der Waals surface area contributed by atoms with E-state index in [2.05, 4.69) is 5.32 Å². The van der Waals surface area contributed by atoms with Crippen molar-refractivity contribution in [2.45, 2.75) is 19.0 Å². The van der Waals surface area contributed by atoms with Crippen molar-refractivity contribution in [3.63, 3.8) is 0 Å². The Balaban J connectivity index is 1.92. The third-order valence-electron chi connectivity index (χ3n) is 3.09. The predicted octanol–water partition coefficient (Wildman–Crippen LogP) is 3.90. The number of hydrogen-bond donors (Lipinski definition) is 1. The maximum absolute atomic E-state index is 13.1. The van der Waals surface area contributed by atoms with Crippen LogP contribution in [-0.2, 0) is 13.0 Å². The van der Waals surface area contributed by atoms with E-state index in [-0.39, 0.29) is 6.04 Å². The first kappa shape index (κ1) is 14.9. The van der Waals surface area contributed by atoms with Gasteiger partial charge in [-0.1, -0.05) is 36.4 Å². The van der Waals surface area contributed by atoms with Crippen molar-refractivity contribution in [2.75, 3.05) is 5.88 Å². The summed E-state index contributed by atoms with van der Waals surface area (Å²) < 4.78 is 25.9. The quantitative estimate of drug-likeness (QED) is 0.797. The first-order valence-corrected chi connectivity index (χ1v) is 6.99. The van der Waals surface area contributed by atoms with Crippen LogP contribution < -0.4 is 5.32 Å². The van der Waals surface area contributed by atoms with Gasteiger partial charge in [0.2, 0.25) is 0 Å². The molecule has 0 aliphatic heterocycles. The Labute approximate surface area is 122 Å². The van der Waals surface area contributed by atoms with Crippen LogP contribution in [-0.4, -0.2) is 11.9 Å². The molecule has 1 nitrogen and oxygen atoms in total.